The van der Waals surface area contributed by atoms with Gasteiger partial charge in [-0.25, -0.2) is 9.48 Å². The quantitative estimate of drug-likeness (QED) is 0.641. The van der Waals surface area contributed by atoms with Crippen LogP contribution in [0.1, 0.15) is 16.4 Å². The Morgan fingerprint density at radius 2 is 2.25 bits per heavy atom. The summed E-state index contributed by atoms with van der Waals surface area (Å²) in [5.74, 6) is 0.0777. The van der Waals surface area contributed by atoms with Crippen LogP contribution in [0.25, 0.3) is 5.65 Å². The standard InChI is InChI=1S/C11H11N7O2/c1-17-11(20)13-9(16-17)10(19)12-6-8-15-14-7-4-2-3-5-18(7)8/h2-5H,6H2,1H3,(H,12,19)(H,13,16,20). The number of pyridine rings is 1. The molecule has 3 rings (SSSR count). The van der Waals surface area contributed by atoms with Gasteiger partial charge in [-0.05, 0) is 12.1 Å². The van der Waals surface area contributed by atoms with E-state index in [-0.39, 0.29) is 12.4 Å². The van der Waals surface area contributed by atoms with Gasteiger partial charge < -0.3 is 5.32 Å². The van der Waals surface area contributed by atoms with Crippen molar-refractivity contribution < 1.29 is 4.79 Å². The number of nitrogens with zero attached hydrogens (tertiary/aromatic N) is 5. The molecule has 0 atom stereocenters. The van der Waals surface area contributed by atoms with Gasteiger partial charge in [0.2, 0.25) is 5.82 Å². The number of hydrogen-bond donors (Lipinski definition) is 2. The summed E-state index contributed by atoms with van der Waals surface area (Å²) in [6.45, 7) is 0.183. The number of rotatable bonds is 3. The molecule has 102 valence electrons. The van der Waals surface area contributed by atoms with E-state index in [1.54, 1.807) is 10.6 Å². The summed E-state index contributed by atoms with van der Waals surface area (Å²) in [5, 5.41) is 14.3. The van der Waals surface area contributed by atoms with Crippen LogP contribution in [-0.2, 0) is 13.6 Å². The third-order valence-electron chi connectivity index (χ3n) is 2.78. The van der Waals surface area contributed by atoms with Gasteiger partial charge in [0.05, 0.1) is 6.54 Å². The van der Waals surface area contributed by atoms with E-state index in [0.717, 1.165) is 4.68 Å². The molecule has 3 heterocycles. The summed E-state index contributed by atoms with van der Waals surface area (Å²) in [5.41, 5.74) is 0.256. The zero-order valence-corrected chi connectivity index (χ0v) is 10.6. The molecule has 3 aromatic rings. The highest BCUT2D eigenvalue weighted by atomic mass is 16.2. The van der Waals surface area contributed by atoms with Crippen molar-refractivity contribution in [2.24, 2.45) is 7.05 Å². The van der Waals surface area contributed by atoms with Crippen LogP contribution in [0.5, 0.6) is 0 Å². The number of aromatic amines is 1. The molecule has 9 nitrogen and oxygen atoms in total. The maximum absolute atomic E-state index is 11.8. The number of amides is 1. The lowest BCUT2D eigenvalue weighted by molar-refractivity contribution is 0.0939. The molecule has 0 aromatic carbocycles. The highest BCUT2D eigenvalue weighted by molar-refractivity contribution is 5.90. The molecule has 20 heavy (non-hydrogen) atoms. The van der Waals surface area contributed by atoms with Crippen LogP contribution >= 0.6 is 0 Å². The zero-order chi connectivity index (χ0) is 14.1. The first-order valence-electron chi connectivity index (χ1n) is 5.85. The molecule has 0 aliphatic heterocycles. The smallest absolute Gasteiger partial charge is 0.342 e. The van der Waals surface area contributed by atoms with Crippen molar-refractivity contribution in [1.29, 1.82) is 0 Å². The van der Waals surface area contributed by atoms with Crippen molar-refractivity contribution in [2.75, 3.05) is 0 Å². The van der Waals surface area contributed by atoms with Gasteiger partial charge in [0, 0.05) is 13.2 Å². The molecular formula is C11H11N7O2. The second-order valence-corrected chi connectivity index (χ2v) is 4.13. The minimum atomic E-state index is -0.476. The van der Waals surface area contributed by atoms with E-state index in [2.05, 4.69) is 25.6 Å². The predicted molar refractivity (Wildman–Crippen MR) is 68.0 cm³/mol. The Balaban J connectivity index is 1.76. The van der Waals surface area contributed by atoms with Crippen molar-refractivity contribution in [3.8, 4) is 0 Å². The molecule has 9 heteroatoms. The SMILES string of the molecule is Cn1nc(C(=O)NCc2nnc3ccccn23)[nH]c1=O. The van der Waals surface area contributed by atoms with Gasteiger partial charge in [-0.2, -0.15) is 0 Å². The molecule has 0 saturated heterocycles. The number of carbonyl (C=O) groups excluding carboxylic acids is 1. The summed E-state index contributed by atoms with van der Waals surface area (Å²) in [7, 11) is 1.46. The summed E-state index contributed by atoms with van der Waals surface area (Å²) >= 11 is 0. The van der Waals surface area contributed by atoms with E-state index >= 15 is 0 Å². The van der Waals surface area contributed by atoms with E-state index in [9.17, 15) is 9.59 Å². The summed E-state index contributed by atoms with van der Waals surface area (Å²) < 4.78 is 2.82. The maximum Gasteiger partial charge on any atom is 0.343 e. The second kappa shape index (κ2) is 4.61. The number of aryl methyl sites for hydroxylation is 1. The Labute approximate surface area is 112 Å². The fourth-order valence-corrected chi connectivity index (χ4v) is 1.76. The Morgan fingerprint density at radius 1 is 1.40 bits per heavy atom. The van der Waals surface area contributed by atoms with Crippen LogP contribution in [0.15, 0.2) is 29.2 Å². The summed E-state index contributed by atoms with van der Waals surface area (Å²) in [4.78, 5) is 25.4. The number of carbonyl (C=O) groups is 1. The molecule has 0 bridgehead atoms. The van der Waals surface area contributed by atoms with E-state index in [4.69, 9.17) is 0 Å². The number of nitrogens with one attached hydrogen (secondary N) is 2. The number of H-pyrrole nitrogens is 1. The Hall–Kier alpha value is -2.97. The molecular weight excluding hydrogens is 262 g/mol. The topological polar surface area (TPSA) is 110 Å². The molecule has 3 aromatic heterocycles. The lowest BCUT2D eigenvalue weighted by atomic mass is 10.4. The second-order valence-electron chi connectivity index (χ2n) is 4.13. The molecule has 0 radical (unpaired) electrons. The first-order valence-corrected chi connectivity index (χ1v) is 5.85. The third kappa shape index (κ3) is 2.05. The molecule has 0 aliphatic rings. The van der Waals surface area contributed by atoms with Gasteiger partial charge in [-0.1, -0.05) is 6.07 Å². The maximum atomic E-state index is 11.8. The molecule has 0 saturated carbocycles. The van der Waals surface area contributed by atoms with Crippen molar-refractivity contribution in [3.05, 3.63) is 46.5 Å². The van der Waals surface area contributed by atoms with Crippen LogP contribution in [0.3, 0.4) is 0 Å². The van der Waals surface area contributed by atoms with Gasteiger partial charge >= 0.3 is 5.69 Å². The minimum Gasteiger partial charge on any atom is -0.342 e. The largest absolute Gasteiger partial charge is 0.343 e. The van der Waals surface area contributed by atoms with Gasteiger partial charge in [0.1, 0.15) is 0 Å². The molecule has 2 N–H and O–H groups in total. The molecule has 0 unspecified atom stereocenters. The Kier molecular flexibility index (Phi) is 2.78. The molecule has 0 aliphatic carbocycles. The normalized spacial score (nSPS) is 10.8. The van der Waals surface area contributed by atoms with Crippen LogP contribution < -0.4 is 11.0 Å². The van der Waals surface area contributed by atoms with E-state index in [0.29, 0.717) is 11.5 Å². The third-order valence-corrected chi connectivity index (χ3v) is 2.78. The summed E-state index contributed by atoms with van der Waals surface area (Å²) in [6, 6.07) is 5.51. The highest BCUT2D eigenvalue weighted by Crippen LogP contribution is 2.02. The highest BCUT2D eigenvalue weighted by Gasteiger charge is 2.13. The van der Waals surface area contributed by atoms with Crippen LogP contribution in [0, 0.1) is 0 Å². The monoisotopic (exact) mass is 273 g/mol. The average molecular weight is 273 g/mol. The van der Waals surface area contributed by atoms with Crippen LogP contribution in [0.4, 0.5) is 0 Å². The average Bonchev–Trinajstić information content (AvgIpc) is 3.01. The lowest BCUT2D eigenvalue weighted by Gasteiger charge is -2.01. The Morgan fingerprint density at radius 3 is 3.00 bits per heavy atom. The van der Waals surface area contributed by atoms with Crippen molar-refractivity contribution in [2.45, 2.75) is 6.54 Å². The van der Waals surface area contributed by atoms with Crippen molar-refractivity contribution >= 4 is 11.6 Å². The van der Waals surface area contributed by atoms with Gasteiger partial charge in [0.25, 0.3) is 5.91 Å². The summed E-state index contributed by atoms with van der Waals surface area (Å²) in [6.07, 6.45) is 1.81. The molecule has 0 fully saturated rings. The minimum absolute atomic E-state index is 0.0358. The van der Waals surface area contributed by atoms with Crippen LogP contribution in [-0.4, -0.2) is 35.3 Å². The first kappa shape index (κ1) is 12.1. The fourth-order valence-electron chi connectivity index (χ4n) is 1.76. The van der Waals surface area contributed by atoms with E-state index in [1.165, 1.54) is 7.05 Å². The van der Waals surface area contributed by atoms with Gasteiger partial charge in [-0.3, -0.25) is 14.2 Å². The van der Waals surface area contributed by atoms with Crippen LogP contribution in [0.2, 0.25) is 0 Å². The molecule has 1 amide bonds. The first-order chi connectivity index (χ1) is 9.65. The van der Waals surface area contributed by atoms with Crippen molar-refractivity contribution in [3.63, 3.8) is 0 Å². The molecule has 0 spiro atoms. The van der Waals surface area contributed by atoms with Crippen molar-refractivity contribution in [1.82, 2.24) is 34.7 Å². The zero-order valence-electron chi connectivity index (χ0n) is 10.6. The number of fused-ring (bicyclic) bond motifs is 1. The number of aromatic nitrogens is 6. The van der Waals surface area contributed by atoms with E-state index in [1.807, 2.05) is 18.2 Å². The number of hydrogen-bond acceptors (Lipinski definition) is 5. The Bertz CT molecular complexity index is 829. The predicted octanol–water partition coefficient (Wildman–Crippen LogP) is -0.919. The fraction of sp³-hybridized carbons (Fsp3) is 0.182. The lowest BCUT2D eigenvalue weighted by Crippen LogP contribution is -2.25. The van der Waals surface area contributed by atoms with Gasteiger partial charge in [-0.15, -0.1) is 15.3 Å². The van der Waals surface area contributed by atoms with E-state index < -0.39 is 11.6 Å². The van der Waals surface area contributed by atoms with Gasteiger partial charge in [0.15, 0.2) is 11.5 Å².